The summed E-state index contributed by atoms with van der Waals surface area (Å²) in [6.45, 7) is 1.91. The van der Waals surface area contributed by atoms with Crippen LogP contribution >= 0.6 is 22.9 Å². The third-order valence-electron chi connectivity index (χ3n) is 5.79. The molecule has 0 bridgehead atoms. The molecule has 3 heterocycles. The summed E-state index contributed by atoms with van der Waals surface area (Å²) in [5, 5.41) is 14.1. The molecule has 3 N–H and O–H groups in total. The second kappa shape index (κ2) is 9.69. The van der Waals surface area contributed by atoms with E-state index >= 15 is 0 Å². The average Bonchev–Trinajstić information content (AvgIpc) is 3.41. The number of ether oxygens (including phenoxy) is 1. The van der Waals surface area contributed by atoms with Gasteiger partial charge in [-0.2, -0.15) is 0 Å². The molecule has 180 valence electrons. The summed E-state index contributed by atoms with van der Waals surface area (Å²) in [4.78, 5) is 35.4. The van der Waals surface area contributed by atoms with E-state index in [1.165, 1.54) is 11.3 Å². The largest absolute Gasteiger partial charge is 0.485 e. The number of carboxylic acids is 1. The van der Waals surface area contributed by atoms with Crippen molar-refractivity contribution in [3.63, 3.8) is 0 Å². The number of likely N-dealkylation sites (N-methyl/N-ethyl adjacent to an activating group) is 1. The van der Waals surface area contributed by atoms with E-state index in [1.54, 1.807) is 18.2 Å². The number of nitrogens with one attached hydrogen (secondary N) is 2. The number of aliphatic carboxylic acids is 1. The lowest BCUT2D eigenvalue weighted by atomic mass is 10.1. The number of benzene rings is 2. The number of amides is 1. The monoisotopic (exact) mass is 510 g/mol. The normalized spacial score (nSPS) is 13.5. The van der Waals surface area contributed by atoms with Crippen LogP contribution in [0.15, 0.2) is 42.5 Å². The maximum atomic E-state index is 13.1. The molecule has 0 radical (unpaired) electrons. The zero-order chi connectivity index (χ0) is 24.5. The fourth-order valence-corrected chi connectivity index (χ4v) is 5.34. The first-order valence-corrected chi connectivity index (χ1v) is 12.3. The van der Waals surface area contributed by atoms with Crippen molar-refractivity contribution in [1.82, 2.24) is 14.9 Å². The number of carbonyl (C=O) groups excluding carboxylic acids is 1. The number of aromatic nitrogens is 2. The van der Waals surface area contributed by atoms with Crippen molar-refractivity contribution < 1.29 is 19.4 Å². The Balaban J connectivity index is 1.37. The Bertz CT molecular complexity index is 1430. The molecule has 0 fully saturated rings. The third-order valence-corrected chi connectivity index (χ3v) is 7.10. The number of hydrogen-bond acceptors (Lipinski definition) is 6. The lowest BCUT2D eigenvalue weighted by Gasteiger charge is -2.20. The first kappa shape index (κ1) is 23.3. The van der Waals surface area contributed by atoms with Crippen molar-refractivity contribution in [2.24, 2.45) is 0 Å². The van der Waals surface area contributed by atoms with Crippen LogP contribution in [0.5, 0.6) is 5.75 Å². The first-order valence-electron chi connectivity index (χ1n) is 11.1. The molecule has 5 rings (SSSR count). The molecule has 0 spiro atoms. The minimum atomic E-state index is -0.954. The Labute approximate surface area is 210 Å². The van der Waals surface area contributed by atoms with E-state index in [4.69, 9.17) is 16.3 Å². The van der Waals surface area contributed by atoms with Gasteiger partial charge in [-0.1, -0.05) is 17.7 Å². The summed E-state index contributed by atoms with van der Waals surface area (Å²) < 4.78 is 6.03. The second-order valence-corrected chi connectivity index (χ2v) is 10.1. The summed E-state index contributed by atoms with van der Waals surface area (Å²) >= 11 is 7.46. The standard InChI is InChI=1S/C25H23ClN4O4S/c1-30-7-6-19-22(12-30)35-25(29-19)24(33)28-20-8-14(9-23(31)32)2-5-21(20)34-13-17-11-15-10-16(26)3-4-18(15)27-17/h2-5,8,10-11,27H,6-7,9,12-13H2,1H3,(H,28,33)(H,31,32). The molecule has 4 aromatic rings. The maximum Gasteiger partial charge on any atom is 0.307 e. The Morgan fingerprint density at radius 3 is 2.94 bits per heavy atom. The highest BCUT2D eigenvalue weighted by Crippen LogP contribution is 2.30. The van der Waals surface area contributed by atoms with E-state index in [2.05, 4.69) is 20.2 Å². The number of anilines is 1. The number of thiazole rings is 1. The lowest BCUT2D eigenvalue weighted by molar-refractivity contribution is -0.136. The highest BCUT2D eigenvalue weighted by Gasteiger charge is 2.22. The van der Waals surface area contributed by atoms with Crippen molar-refractivity contribution in [3.05, 3.63) is 74.3 Å². The van der Waals surface area contributed by atoms with Crippen LogP contribution in [0.2, 0.25) is 5.02 Å². The van der Waals surface area contributed by atoms with Crippen LogP contribution in [-0.4, -0.2) is 45.4 Å². The molecule has 10 heteroatoms. The Kier molecular flexibility index (Phi) is 6.46. The van der Waals surface area contributed by atoms with Crippen molar-refractivity contribution in [1.29, 1.82) is 0 Å². The van der Waals surface area contributed by atoms with Crippen molar-refractivity contribution in [3.8, 4) is 5.75 Å². The molecular weight excluding hydrogens is 488 g/mol. The fourth-order valence-electron chi connectivity index (χ4n) is 4.08. The molecule has 35 heavy (non-hydrogen) atoms. The first-order chi connectivity index (χ1) is 16.8. The SMILES string of the molecule is CN1CCc2nc(C(=O)Nc3cc(CC(=O)O)ccc3OCc3cc4cc(Cl)ccc4[nH]3)sc2C1. The van der Waals surface area contributed by atoms with Crippen molar-refractivity contribution >= 4 is 51.4 Å². The topological polar surface area (TPSA) is 108 Å². The number of H-pyrrole nitrogens is 1. The zero-order valence-corrected chi connectivity index (χ0v) is 20.5. The summed E-state index contributed by atoms with van der Waals surface area (Å²) in [5.41, 5.74) is 3.70. The summed E-state index contributed by atoms with van der Waals surface area (Å²) in [6, 6.07) is 12.5. The van der Waals surface area contributed by atoms with Crippen LogP contribution in [0, 0.1) is 0 Å². The van der Waals surface area contributed by atoms with Gasteiger partial charge in [-0.25, -0.2) is 4.98 Å². The Morgan fingerprint density at radius 1 is 1.26 bits per heavy atom. The average molecular weight is 511 g/mol. The van der Waals surface area contributed by atoms with Crippen LogP contribution in [0.1, 0.15) is 31.6 Å². The molecular formula is C25H23ClN4O4S. The van der Waals surface area contributed by atoms with Crippen LogP contribution < -0.4 is 10.1 Å². The number of aromatic amines is 1. The zero-order valence-electron chi connectivity index (χ0n) is 18.9. The molecule has 2 aromatic carbocycles. The van der Waals surface area contributed by atoms with Crippen molar-refractivity contribution in [2.75, 3.05) is 18.9 Å². The molecule has 2 aromatic heterocycles. The summed E-state index contributed by atoms with van der Waals surface area (Å²) in [6.07, 6.45) is 0.650. The number of fused-ring (bicyclic) bond motifs is 2. The van der Waals surface area contributed by atoms with E-state index in [0.29, 0.717) is 27.0 Å². The molecule has 0 atom stereocenters. The predicted octanol–water partition coefficient (Wildman–Crippen LogP) is 4.72. The number of nitrogens with zero attached hydrogens (tertiary/aromatic N) is 2. The van der Waals surface area contributed by atoms with Gasteiger partial charge in [-0.3, -0.25) is 9.59 Å². The summed E-state index contributed by atoms with van der Waals surface area (Å²) in [5.74, 6) is -0.862. The molecule has 1 aliphatic rings. The predicted molar refractivity (Wildman–Crippen MR) is 136 cm³/mol. The van der Waals surface area contributed by atoms with Gasteiger partial charge in [0.2, 0.25) is 0 Å². The maximum absolute atomic E-state index is 13.1. The van der Waals surface area contributed by atoms with E-state index in [1.807, 2.05) is 31.3 Å². The Hall–Kier alpha value is -3.40. The quantitative estimate of drug-likeness (QED) is 0.332. The van der Waals surface area contributed by atoms with Gasteiger partial charge in [0.1, 0.15) is 12.4 Å². The third kappa shape index (κ3) is 5.32. The van der Waals surface area contributed by atoms with Gasteiger partial charge in [0.15, 0.2) is 5.01 Å². The van der Waals surface area contributed by atoms with Crippen LogP contribution in [0.4, 0.5) is 5.69 Å². The number of carbonyl (C=O) groups is 2. The van der Waals surface area contributed by atoms with Gasteiger partial charge < -0.3 is 25.0 Å². The highest BCUT2D eigenvalue weighted by atomic mass is 35.5. The lowest BCUT2D eigenvalue weighted by Crippen LogP contribution is -2.25. The molecule has 0 unspecified atom stereocenters. The van der Waals surface area contributed by atoms with Crippen LogP contribution in [-0.2, 0) is 30.8 Å². The second-order valence-electron chi connectivity index (χ2n) is 8.55. The van der Waals surface area contributed by atoms with E-state index < -0.39 is 5.97 Å². The van der Waals surface area contributed by atoms with E-state index in [9.17, 15) is 14.7 Å². The summed E-state index contributed by atoms with van der Waals surface area (Å²) in [7, 11) is 2.04. The van der Waals surface area contributed by atoms with Gasteiger partial charge in [0.05, 0.1) is 23.5 Å². The molecule has 1 aliphatic heterocycles. The van der Waals surface area contributed by atoms with Gasteiger partial charge in [-0.15, -0.1) is 11.3 Å². The number of carboxylic acid groups (broad SMARTS) is 1. The minimum absolute atomic E-state index is 0.163. The van der Waals surface area contributed by atoms with Crippen molar-refractivity contribution in [2.45, 2.75) is 26.0 Å². The van der Waals surface area contributed by atoms with Gasteiger partial charge in [0, 0.05) is 40.3 Å². The Morgan fingerprint density at radius 2 is 2.11 bits per heavy atom. The molecule has 0 saturated heterocycles. The van der Waals surface area contributed by atoms with Crippen LogP contribution in [0.25, 0.3) is 10.9 Å². The highest BCUT2D eigenvalue weighted by molar-refractivity contribution is 7.13. The number of rotatable bonds is 7. The molecule has 8 nitrogen and oxygen atoms in total. The van der Waals surface area contributed by atoms with E-state index in [0.717, 1.165) is 46.7 Å². The fraction of sp³-hybridized carbons (Fsp3) is 0.240. The molecule has 1 amide bonds. The van der Waals surface area contributed by atoms with Crippen LogP contribution in [0.3, 0.4) is 0 Å². The van der Waals surface area contributed by atoms with E-state index in [-0.39, 0.29) is 18.9 Å². The van der Waals surface area contributed by atoms with Gasteiger partial charge >= 0.3 is 5.97 Å². The smallest absolute Gasteiger partial charge is 0.307 e. The van der Waals surface area contributed by atoms with Gasteiger partial charge in [0.25, 0.3) is 5.91 Å². The van der Waals surface area contributed by atoms with Gasteiger partial charge in [-0.05, 0) is 49.0 Å². The number of halogens is 1. The number of hydrogen-bond donors (Lipinski definition) is 3. The molecule has 0 saturated carbocycles. The minimum Gasteiger partial charge on any atom is -0.485 e. The molecule has 0 aliphatic carbocycles.